The lowest BCUT2D eigenvalue weighted by Crippen LogP contribution is -2.42. The van der Waals surface area contributed by atoms with E-state index < -0.39 is 0 Å². The van der Waals surface area contributed by atoms with Crippen LogP contribution >= 0.6 is 23.1 Å². The predicted molar refractivity (Wildman–Crippen MR) is 113 cm³/mol. The Hall–Kier alpha value is -2.65. The molecular weight excluding hydrogens is 408 g/mol. The van der Waals surface area contributed by atoms with Crippen LogP contribution in [0.2, 0.25) is 0 Å². The molecule has 29 heavy (non-hydrogen) atoms. The Balaban J connectivity index is 1.36. The topological polar surface area (TPSA) is 93.2 Å². The lowest BCUT2D eigenvalue weighted by molar-refractivity contribution is -0.119. The largest absolute Gasteiger partial charge is 0.497 e. The maximum absolute atomic E-state index is 12.2. The van der Waals surface area contributed by atoms with Gasteiger partial charge in [0.2, 0.25) is 5.91 Å². The van der Waals surface area contributed by atoms with Gasteiger partial charge in [0.1, 0.15) is 21.9 Å². The quantitative estimate of drug-likeness (QED) is 0.368. The molecule has 0 bridgehead atoms. The van der Waals surface area contributed by atoms with Crippen molar-refractivity contribution in [2.24, 2.45) is 0 Å². The molecule has 1 aliphatic carbocycles. The fraction of sp³-hybridized carbons (Fsp3) is 0.300. The number of carbonyl (C=O) groups is 2. The number of carbonyl (C=O) groups excluding carboxylic acids is 2. The molecule has 9 heteroatoms. The van der Waals surface area contributed by atoms with E-state index in [-0.39, 0.29) is 17.6 Å². The van der Waals surface area contributed by atoms with E-state index >= 15 is 0 Å². The standard InChI is InChI=1S/C20H20N4O3S2/c1-27-13-8-6-12(7-9-13)18(26)24-23-16(25)10-28-19-17-14-4-2-3-5-15(14)29-20(17)22-11-21-19/h6-9,11H,2-5,10H2,1H3,(H,23,25)(H,24,26). The summed E-state index contributed by atoms with van der Waals surface area (Å²) in [6, 6.07) is 6.64. The molecule has 1 aliphatic rings. The minimum atomic E-state index is -0.387. The number of methoxy groups -OCH3 is 1. The fourth-order valence-electron chi connectivity index (χ4n) is 3.28. The molecule has 0 aliphatic heterocycles. The Labute approximate surface area is 176 Å². The van der Waals surface area contributed by atoms with Crippen LogP contribution in [0.25, 0.3) is 10.2 Å². The molecule has 0 atom stereocenters. The van der Waals surface area contributed by atoms with Crippen molar-refractivity contribution in [1.82, 2.24) is 20.8 Å². The highest BCUT2D eigenvalue weighted by molar-refractivity contribution is 8.00. The van der Waals surface area contributed by atoms with E-state index in [9.17, 15) is 9.59 Å². The van der Waals surface area contributed by atoms with Crippen molar-refractivity contribution in [3.8, 4) is 5.75 Å². The van der Waals surface area contributed by atoms with Gasteiger partial charge in [-0.3, -0.25) is 20.4 Å². The van der Waals surface area contributed by atoms with Gasteiger partial charge in [-0.1, -0.05) is 11.8 Å². The number of thiophene rings is 1. The number of ether oxygens (including phenoxy) is 1. The van der Waals surface area contributed by atoms with E-state index in [4.69, 9.17) is 4.74 Å². The highest BCUT2D eigenvalue weighted by atomic mass is 32.2. The third-order valence-electron chi connectivity index (χ3n) is 4.72. The number of fused-ring (bicyclic) bond motifs is 3. The number of benzene rings is 1. The summed E-state index contributed by atoms with van der Waals surface area (Å²) in [6.45, 7) is 0. The van der Waals surface area contributed by atoms with Gasteiger partial charge in [0.15, 0.2) is 0 Å². The summed E-state index contributed by atoms with van der Waals surface area (Å²) in [6.07, 6.45) is 6.08. The molecular formula is C20H20N4O3S2. The Morgan fingerprint density at radius 1 is 1.14 bits per heavy atom. The van der Waals surface area contributed by atoms with Gasteiger partial charge in [-0.15, -0.1) is 11.3 Å². The zero-order chi connectivity index (χ0) is 20.2. The van der Waals surface area contributed by atoms with Crippen LogP contribution in [-0.2, 0) is 17.6 Å². The molecule has 2 heterocycles. The summed E-state index contributed by atoms with van der Waals surface area (Å²) < 4.78 is 5.07. The van der Waals surface area contributed by atoms with Gasteiger partial charge >= 0.3 is 0 Å². The average Bonchev–Trinajstić information content (AvgIpc) is 3.15. The van der Waals surface area contributed by atoms with Gasteiger partial charge in [-0.25, -0.2) is 9.97 Å². The summed E-state index contributed by atoms with van der Waals surface area (Å²) in [5.41, 5.74) is 6.66. The molecule has 2 amide bonds. The molecule has 4 rings (SSSR count). The van der Waals surface area contributed by atoms with Crippen molar-refractivity contribution in [2.45, 2.75) is 30.7 Å². The molecule has 0 unspecified atom stereocenters. The maximum Gasteiger partial charge on any atom is 0.269 e. The first-order valence-electron chi connectivity index (χ1n) is 9.27. The minimum absolute atomic E-state index is 0.152. The molecule has 2 aromatic heterocycles. The Kier molecular flexibility index (Phi) is 5.96. The van der Waals surface area contributed by atoms with Gasteiger partial charge in [0.25, 0.3) is 5.91 Å². The van der Waals surface area contributed by atoms with Crippen LogP contribution in [-0.4, -0.2) is 34.6 Å². The van der Waals surface area contributed by atoms with E-state index in [1.54, 1.807) is 49.0 Å². The predicted octanol–water partition coefficient (Wildman–Crippen LogP) is 3.13. The van der Waals surface area contributed by atoms with E-state index in [0.717, 1.165) is 28.1 Å². The van der Waals surface area contributed by atoms with Crippen molar-refractivity contribution in [2.75, 3.05) is 12.9 Å². The van der Waals surface area contributed by atoms with Crippen molar-refractivity contribution >= 4 is 45.1 Å². The van der Waals surface area contributed by atoms with Crippen LogP contribution in [0.3, 0.4) is 0 Å². The Morgan fingerprint density at radius 2 is 1.93 bits per heavy atom. The second-order valence-electron chi connectivity index (χ2n) is 6.59. The number of amides is 2. The maximum atomic E-state index is 12.2. The Bertz CT molecular complexity index is 1050. The summed E-state index contributed by atoms with van der Waals surface area (Å²) in [5.74, 6) is 0.128. The third kappa shape index (κ3) is 4.35. The van der Waals surface area contributed by atoms with Crippen molar-refractivity contribution < 1.29 is 14.3 Å². The molecule has 0 fully saturated rings. The second-order valence-corrected chi connectivity index (χ2v) is 8.64. The minimum Gasteiger partial charge on any atom is -0.497 e. The SMILES string of the molecule is COc1ccc(C(=O)NNC(=O)CSc2ncnc3sc4c(c23)CCCC4)cc1. The molecule has 0 spiro atoms. The molecule has 1 aromatic carbocycles. The van der Waals surface area contributed by atoms with E-state index in [0.29, 0.717) is 11.3 Å². The monoisotopic (exact) mass is 428 g/mol. The summed E-state index contributed by atoms with van der Waals surface area (Å²) in [7, 11) is 1.56. The fourth-order valence-corrected chi connectivity index (χ4v) is 5.40. The number of aryl methyl sites for hydroxylation is 2. The van der Waals surface area contributed by atoms with Gasteiger partial charge in [-0.2, -0.15) is 0 Å². The number of nitrogens with zero attached hydrogens (tertiary/aromatic N) is 2. The first-order chi connectivity index (χ1) is 14.2. The smallest absolute Gasteiger partial charge is 0.269 e. The number of hydrazine groups is 1. The van der Waals surface area contributed by atoms with Crippen LogP contribution in [0.1, 0.15) is 33.6 Å². The van der Waals surface area contributed by atoms with Crippen LogP contribution < -0.4 is 15.6 Å². The summed E-state index contributed by atoms with van der Waals surface area (Å²) in [4.78, 5) is 35.5. The van der Waals surface area contributed by atoms with E-state index in [2.05, 4.69) is 20.8 Å². The van der Waals surface area contributed by atoms with Crippen molar-refractivity contribution in [3.63, 3.8) is 0 Å². The number of aromatic nitrogens is 2. The van der Waals surface area contributed by atoms with E-state index in [1.807, 2.05) is 0 Å². The van der Waals surface area contributed by atoms with Crippen LogP contribution in [0.5, 0.6) is 5.75 Å². The van der Waals surface area contributed by atoms with Gasteiger partial charge in [-0.05, 0) is 55.5 Å². The average molecular weight is 429 g/mol. The Morgan fingerprint density at radius 3 is 2.72 bits per heavy atom. The normalized spacial score (nSPS) is 13.0. The summed E-state index contributed by atoms with van der Waals surface area (Å²) >= 11 is 3.10. The number of thioether (sulfide) groups is 1. The molecule has 0 radical (unpaired) electrons. The second kappa shape index (κ2) is 8.79. The zero-order valence-electron chi connectivity index (χ0n) is 15.9. The zero-order valence-corrected chi connectivity index (χ0v) is 17.5. The molecule has 150 valence electrons. The lowest BCUT2D eigenvalue weighted by atomic mass is 9.97. The summed E-state index contributed by atoms with van der Waals surface area (Å²) in [5, 5.41) is 1.92. The number of rotatable bonds is 5. The molecule has 2 N–H and O–H groups in total. The van der Waals surface area contributed by atoms with Crippen LogP contribution in [0, 0.1) is 0 Å². The number of hydrogen-bond donors (Lipinski definition) is 2. The van der Waals surface area contributed by atoms with Crippen molar-refractivity contribution in [3.05, 3.63) is 46.6 Å². The molecule has 7 nitrogen and oxygen atoms in total. The highest BCUT2D eigenvalue weighted by Crippen LogP contribution is 2.39. The van der Waals surface area contributed by atoms with Gasteiger partial charge < -0.3 is 4.74 Å². The first-order valence-corrected chi connectivity index (χ1v) is 11.1. The number of nitrogens with one attached hydrogen (secondary N) is 2. The lowest BCUT2D eigenvalue weighted by Gasteiger charge is -2.11. The third-order valence-corrected chi connectivity index (χ3v) is 6.91. The van der Waals surface area contributed by atoms with Gasteiger partial charge in [0, 0.05) is 15.8 Å². The van der Waals surface area contributed by atoms with Crippen LogP contribution in [0.4, 0.5) is 0 Å². The van der Waals surface area contributed by atoms with E-state index in [1.165, 1.54) is 35.0 Å². The molecule has 0 saturated heterocycles. The number of hydrogen-bond acceptors (Lipinski definition) is 7. The van der Waals surface area contributed by atoms with Crippen LogP contribution in [0.15, 0.2) is 35.6 Å². The molecule has 3 aromatic rings. The highest BCUT2D eigenvalue weighted by Gasteiger charge is 2.20. The first kappa shape index (κ1) is 19.7. The van der Waals surface area contributed by atoms with Gasteiger partial charge in [0.05, 0.1) is 12.9 Å². The molecule has 0 saturated carbocycles. The van der Waals surface area contributed by atoms with Crippen molar-refractivity contribution in [1.29, 1.82) is 0 Å².